The van der Waals surface area contributed by atoms with Gasteiger partial charge in [-0.2, -0.15) is 0 Å². The van der Waals surface area contributed by atoms with Crippen molar-refractivity contribution in [1.82, 2.24) is 19.4 Å². The maximum absolute atomic E-state index is 5.56. The van der Waals surface area contributed by atoms with E-state index in [-0.39, 0.29) is 0 Å². The smallest absolute Gasteiger partial charge is 0.0988 e. The summed E-state index contributed by atoms with van der Waals surface area (Å²) in [5.41, 5.74) is 7.77. The lowest BCUT2D eigenvalue weighted by molar-refractivity contribution is 0.0376. The molecule has 4 heterocycles. The Labute approximate surface area is 227 Å². The normalized spacial score (nSPS) is 16.8. The monoisotopic (exact) mass is 513 g/mol. The molecule has 6 nitrogen and oxygen atoms in total. The molecule has 1 saturated heterocycles. The standard InChI is InChI=1S/C32H43N5O/c1-3-34(4-2)15-7-10-25-13-14-26-28(24-25)33-30-27-11-5-6-12-29(27)37-19-9-18-36(31(26)32(30)37)17-8-16-35-20-22-38-23-21-35/h5-6,11-14,24H,3-4,7-10,15-23H2,1-2H3. The van der Waals surface area contributed by atoms with E-state index in [1.54, 1.807) is 0 Å². The molecule has 0 unspecified atom stereocenters. The molecular weight excluding hydrogens is 470 g/mol. The second-order valence-corrected chi connectivity index (χ2v) is 11.0. The van der Waals surface area contributed by atoms with Gasteiger partial charge in [-0.3, -0.25) is 4.90 Å². The molecular formula is C32H43N5O. The van der Waals surface area contributed by atoms with Gasteiger partial charge >= 0.3 is 0 Å². The zero-order chi connectivity index (χ0) is 25.9. The Kier molecular flexibility index (Phi) is 7.82. The van der Waals surface area contributed by atoms with E-state index in [2.05, 4.69) is 75.6 Å². The number of morpholine rings is 1. The zero-order valence-electron chi connectivity index (χ0n) is 23.3. The van der Waals surface area contributed by atoms with Crippen LogP contribution in [0.3, 0.4) is 0 Å². The molecule has 4 aromatic rings. The van der Waals surface area contributed by atoms with Crippen molar-refractivity contribution in [2.45, 2.75) is 46.1 Å². The minimum Gasteiger partial charge on any atom is -0.379 e. The molecule has 0 radical (unpaired) electrons. The van der Waals surface area contributed by atoms with Crippen LogP contribution in [0.5, 0.6) is 0 Å². The quantitative estimate of drug-likeness (QED) is 0.278. The van der Waals surface area contributed by atoms with Gasteiger partial charge in [0.1, 0.15) is 0 Å². The zero-order valence-corrected chi connectivity index (χ0v) is 23.3. The van der Waals surface area contributed by atoms with Gasteiger partial charge in [0.15, 0.2) is 0 Å². The van der Waals surface area contributed by atoms with Crippen LogP contribution < -0.4 is 4.90 Å². The average molecular weight is 514 g/mol. The van der Waals surface area contributed by atoms with Crippen molar-refractivity contribution in [3.8, 4) is 0 Å². The summed E-state index contributed by atoms with van der Waals surface area (Å²) < 4.78 is 8.11. The molecule has 6 heteroatoms. The summed E-state index contributed by atoms with van der Waals surface area (Å²) in [6.07, 6.45) is 4.63. The lowest BCUT2D eigenvalue weighted by atomic mass is 10.0. The van der Waals surface area contributed by atoms with Gasteiger partial charge < -0.3 is 19.1 Å². The number of anilines is 1. The second-order valence-electron chi connectivity index (χ2n) is 11.0. The number of nitrogens with zero attached hydrogens (tertiary/aromatic N) is 5. The van der Waals surface area contributed by atoms with Crippen molar-refractivity contribution in [2.24, 2.45) is 0 Å². The van der Waals surface area contributed by atoms with Gasteiger partial charge in [0.25, 0.3) is 0 Å². The number of hydrogen-bond donors (Lipinski definition) is 0. The van der Waals surface area contributed by atoms with Crippen molar-refractivity contribution in [3.63, 3.8) is 0 Å². The number of pyridine rings is 1. The molecule has 2 aliphatic rings. The molecule has 0 amide bonds. The van der Waals surface area contributed by atoms with Crippen LogP contribution in [0.2, 0.25) is 0 Å². The highest BCUT2D eigenvalue weighted by atomic mass is 16.5. The number of rotatable bonds is 10. The third-order valence-electron chi connectivity index (χ3n) is 8.68. The third-order valence-corrected chi connectivity index (χ3v) is 8.68. The molecule has 6 rings (SSSR count). The van der Waals surface area contributed by atoms with Gasteiger partial charge in [-0.25, -0.2) is 4.98 Å². The molecule has 38 heavy (non-hydrogen) atoms. The largest absolute Gasteiger partial charge is 0.379 e. The molecule has 2 aliphatic heterocycles. The van der Waals surface area contributed by atoms with Crippen LogP contribution in [0.4, 0.5) is 5.69 Å². The summed E-state index contributed by atoms with van der Waals surface area (Å²) in [6.45, 7) is 16.2. The van der Waals surface area contributed by atoms with Crippen LogP contribution in [0, 0.1) is 0 Å². The number of aryl methyl sites for hydroxylation is 2. The molecule has 2 aromatic carbocycles. The Bertz CT molecular complexity index is 1390. The molecule has 1 fully saturated rings. The van der Waals surface area contributed by atoms with Crippen LogP contribution in [0.15, 0.2) is 42.5 Å². The van der Waals surface area contributed by atoms with Gasteiger partial charge in [0.2, 0.25) is 0 Å². The van der Waals surface area contributed by atoms with Gasteiger partial charge in [0.05, 0.1) is 41.0 Å². The van der Waals surface area contributed by atoms with Crippen molar-refractivity contribution >= 4 is 38.5 Å². The van der Waals surface area contributed by atoms with Gasteiger partial charge in [0, 0.05) is 50.0 Å². The van der Waals surface area contributed by atoms with Crippen molar-refractivity contribution in [2.75, 3.05) is 70.5 Å². The minimum absolute atomic E-state index is 0.872. The molecule has 0 bridgehead atoms. The lowest BCUT2D eigenvalue weighted by Crippen LogP contribution is -2.38. The second kappa shape index (κ2) is 11.6. The molecule has 0 aliphatic carbocycles. The lowest BCUT2D eigenvalue weighted by Gasteiger charge is -2.29. The number of hydrogen-bond acceptors (Lipinski definition) is 5. The number of fused-ring (bicyclic) bond motifs is 5. The van der Waals surface area contributed by atoms with Crippen LogP contribution in [-0.4, -0.2) is 84.9 Å². The van der Waals surface area contributed by atoms with Crippen LogP contribution in [0.1, 0.15) is 38.7 Å². The summed E-state index contributed by atoms with van der Waals surface area (Å²) >= 11 is 0. The first-order valence-electron chi connectivity index (χ1n) is 14.9. The first kappa shape index (κ1) is 25.6. The highest BCUT2D eigenvalue weighted by Crippen LogP contribution is 2.41. The predicted molar refractivity (Wildman–Crippen MR) is 160 cm³/mol. The summed E-state index contributed by atoms with van der Waals surface area (Å²) in [7, 11) is 0. The Hall–Kier alpha value is -2.67. The summed E-state index contributed by atoms with van der Waals surface area (Å²) in [5.74, 6) is 0. The maximum atomic E-state index is 5.56. The SMILES string of the molecule is CCN(CC)CCCc1ccc2c3c4c(nc2c1)c1ccccc1n4CCCN3CCCN1CCOCC1. The topological polar surface area (TPSA) is 36.8 Å². The summed E-state index contributed by atoms with van der Waals surface area (Å²) in [6, 6.07) is 16.0. The van der Waals surface area contributed by atoms with E-state index in [4.69, 9.17) is 9.72 Å². The van der Waals surface area contributed by atoms with Gasteiger partial charge in [-0.1, -0.05) is 44.2 Å². The maximum Gasteiger partial charge on any atom is 0.0988 e. The summed E-state index contributed by atoms with van der Waals surface area (Å²) in [5, 5.41) is 2.59. The van der Waals surface area contributed by atoms with Crippen molar-refractivity contribution < 1.29 is 4.74 Å². The fourth-order valence-electron chi connectivity index (χ4n) is 6.58. The predicted octanol–water partition coefficient (Wildman–Crippen LogP) is 5.55. The number of ether oxygens (including phenoxy) is 1. The Balaban J connectivity index is 1.37. The van der Waals surface area contributed by atoms with Crippen molar-refractivity contribution in [1.29, 1.82) is 0 Å². The van der Waals surface area contributed by atoms with Gasteiger partial charge in [-0.15, -0.1) is 0 Å². The third kappa shape index (κ3) is 5.02. The van der Waals surface area contributed by atoms with E-state index in [1.165, 1.54) is 51.4 Å². The first-order chi connectivity index (χ1) is 18.8. The molecule has 0 saturated carbocycles. The van der Waals surface area contributed by atoms with Crippen LogP contribution in [-0.2, 0) is 17.7 Å². The highest BCUT2D eigenvalue weighted by molar-refractivity contribution is 6.16. The number of aromatic nitrogens is 2. The van der Waals surface area contributed by atoms with E-state index in [0.717, 1.165) is 90.5 Å². The fourth-order valence-corrected chi connectivity index (χ4v) is 6.58. The first-order valence-corrected chi connectivity index (χ1v) is 14.9. The van der Waals surface area contributed by atoms with E-state index >= 15 is 0 Å². The Morgan fingerprint density at radius 2 is 1.74 bits per heavy atom. The highest BCUT2D eigenvalue weighted by Gasteiger charge is 2.25. The van der Waals surface area contributed by atoms with E-state index in [9.17, 15) is 0 Å². The van der Waals surface area contributed by atoms with E-state index in [0.29, 0.717) is 0 Å². The molecule has 2 aromatic heterocycles. The number of para-hydroxylation sites is 1. The van der Waals surface area contributed by atoms with Gasteiger partial charge in [-0.05, 0) is 63.0 Å². The molecule has 0 N–H and O–H groups in total. The number of benzene rings is 2. The Morgan fingerprint density at radius 3 is 2.58 bits per heavy atom. The van der Waals surface area contributed by atoms with Crippen LogP contribution in [0.25, 0.3) is 32.8 Å². The molecule has 202 valence electrons. The summed E-state index contributed by atoms with van der Waals surface area (Å²) in [4.78, 5) is 13.1. The average Bonchev–Trinajstić information content (AvgIpc) is 3.13. The fraction of sp³-hybridized carbons (Fsp3) is 0.531. The minimum atomic E-state index is 0.872. The molecule has 0 atom stereocenters. The Morgan fingerprint density at radius 1 is 0.895 bits per heavy atom. The molecule has 0 spiro atoms. The van der Waals surface area contributed by atoms with E-state index in [1.807, 2.05) is 0 Å². The van der Waals surface area contributed by atoms with Crippen molar-refractivity contribution in [3.05, 3.63) is 48.0 Å². The van der Waals surface area contributed by atoms with Crippen LogP contribution >= 0.6 is 0 Å². The van der Waals surface area contributed by atoms with E-state index < -0.39 is 0 Å².